The molecule has 0 spiro atoms. The van der Waals surface area contributed by atoms with Crippen LogP contribution >= 0.6 is 11.9 Å². The minimum atomic E-state index is -4.43. The van der Waals surface area contributed by atoms with Crippen LogP contribution in [0.2, 0.25) is 0 Å². The van der Waals surface area contributed by atoms with Crippen molar-refractivity contribution < 1.29 is 22.9 Å². The number of benzene rings is 2. The van der Waals surface area contributed by atoms with E-state index in [4.69, 9.17) is 0 Å². The number of hydrogen-bond acceptors (Lipinski definition) is 7. The minimum absolute atomic E-state index is 0.0154. The van der Waals surface area contributed by atoms with Crippen LogP contribution in [0.4, 0.5) is 24.7 Å². The maximum absolute atomic E-state index is 12.9. The quantitative estimate of drug-likeness (QED) is 0.166. The molecule has 2 aromatic heterocycles. The molecule has 1 N–H and O–H groups in total. The monoisotopic (exact) mass is 542 g/mol. The molecular formula is C25H21F3N6O3S. The van der Waals surface area contributed by atoms with Gasteiger partial charge in [-0.05, 0) is 54.9 Å². The first-order valence-corrected chi connectivity index (χ1v) is 11.9. The Bertz CT molecular complexity index is 1440. The van der Waals surface area contributed by atoms with Crippen molar-refractivity contribution in [2.24, 2.45) is 0 Å². The summed E-state index contributed by atoms with van der Waals surface area (Å²) in [6, 6.07) is 14.7. The lowest BCUT2D eigenvalue weighted by Crippen LogP contribution is -2.14. The van der Waals surface area contributed by atoms with Crippen molar-refractivity contribution in [2.45, 2.75) is 24.2 Å². The van der Waals surface area contributed by atoms with Gasteiger partial charge < -0.3 is 9.88 Å². The summed E-state index contributed by atoms with van der Waals surface area (Å²) < 4.78 is 42.2. The Balaban J connectivity index is 1.33. The van der Waals surface area contributed by atoms with Gasteiger partial charge in [0.15, 0.2) is 5.82 Å². The van der Waals surface area contributed by atoms with Crippen LogP contribution in [0.3, 0.4) is 0 Å². The Morgan fingerprint density at radius 1 is 1.13 bits per heavy atom. The molecule has 0 saturated heterocycles. The number of nitro benzene ring substituents is 1. The largest absolute Gasteiger partial charge is 0.416 e. The van der Waals surface area contributed by atoms with Crippen LogP contribution in [0.25, 0.3) is 0 Å². The average Bonchev–Trinajstić information content (AvgIpc) is 3.30. The molecule has 4 aromatic rings. The van der Waals surface area contributed by atoms with Crippen LogP contribution in [0.15, 0.2) is 84.3 Å². The molecule has 13 heteroatoms. The normalized spacial score (nSPS) is 11.5. The number of para-hydroxylation sites is 1. The van der Waals surface area contributed by atoms with Gasteiger partial charge in [-0.3, -0.25) is 19.9 Å². The van der Waals surface area contributed by atoms with Gasteiger partial charge in [0.1, 0.15) is 4.90 Å². The summed E-state index contributed by atoms with van der Waals surface area (Å²) in [4.78, 5) is 32.3. The molecule has 1 amide bonds. The Morgan fingerprint density at radius 2 is 1.92 bits per heavy atom. The van der Waals surface area contributed by atoms with Crippen molar-refractivity contribution in [3.05, 3.63) is 112 Å². The zero-order valence-corrected chi connectivity index (χ0v) is 20.7. The zero-order valence-electron chi connectivity index (χ0n) is 19.9. The highest BCUT2D eigenvalue weighted by Crippen LogP contribution is 2.31. The fourth-order valence-corrected chi connectivity index (χ4v) is 4.43. The highest BCUT2D eigenvalue weighted by atomic mass is 32.2. The Hall–Kier alpha value is -4.23. The Labute approximate surface area is 219 Å². The fraction of sp³-hybridized carbons (Fsp3) is 0.160. The number of nitro groups is 1. The van der Waals surface area contributed by atoms with E-state index in [2.05, 4.69) is 15.3 Å². The number of anilines is 1. The van der Waals surface area contributed by atoms with Gasteiger partial charge in [0.2, 0.25) is 0 Å². The number of carbonyl (C=O) groups excluding carboxylic acids is 1. The SMILES string of the molecule is CN(Cc1ccc(C(=O)Nc2cn(Cc3cccc(C(F)(F)F)c3)cn2)cn1)Sc1ccccc1[N+](=O)[O-]. The van der Waals surface area contributed by atoms with Crippen molar-refractivity contribution in [1.82, 2.24) is 18.8 Å². The fourth-order valence-electron chi connectivity index (χ4n) is 3.52. The van der Waals surface area contributed by atoms with E-state index in [0.717, 1.165) is 12.1 Å². The van der Waals surface area contributed by atoms with E-state index < -0.39 is 22.6 Å². The summed E-state index contributed by atoms with van der Waals surface area (Å²) in [6.07, 6.45) is -0.0744. The average molecular weight is 543 g/mol. The second-order valence-electron chi connectivity index (χ2n) is 8.22. The van der Waals surface area contributed by atoms with E-state index in [9.17, 15) is 28.1 Å². The minimum Gasteiger partial charge on any atom is -0.331 e. The third-order valence-electron chi connectivity index (χ3n) is 5.28. The van der Waals surface area contributed by atoms with E-state index in [-0.39, 0.29) is 23.6 Å². The highest BCUT2D eigenvalue weighted by Gasteiger charge is 2.30. The van der Waals surface area contributed by atoms with E-state index in [1.165, 1.54) is 42.8 Å². The number of nitrogens with one attached hydrogen (secondary N) is 1. The van der Waals surface area contributed by atoms with Crippen molar-refractivity contribution in [3.8, 4) is 0 Å². The lowest BCUT2D eigenvalue weighted by Gasteiger charge is -2.15. The predicted octanol–water partition coefficient (Wildman–Crippen LogP) is 5.64. The highest BCUT2D eigenvalue weighted by molar-refractivity contribution is 7.97. The molecule has 0 bridgehead atoms. The van der Waals surface area contributed by atoms with Gasteiger partial charge in [-0.1, -0.05) is 24.3 Å². The Kier molecular flexibility index (Phi) is 8.08. The third-order valence-corrected chi connectivity index (χ3v) is 6.26. The smallest absolute Gasteiger partial charge is 0.331 e. The number of carbonyl (C=O) groups is 1. The van der Waals surface area contributed by atoms with Gasteiger partial charge in [0, 0.05) is 25.0 Å². The zero-order chi connectivity index (χ0) is 27.3. The molecule has 196 valence electrons. The van der Waals surface area contributed by atoms with Gasteiger partial charge >= 0.3 is 6.18 Å². The van der Waals surface area contributed by atoms with Crippen LogP contribution in [0.5, 0.6) is 0 Å². The molecule has 2 aromatic carbocycles. The number of pyridine rings is 1. The molecule has 0 aliphatic heterocycles. The van der Waals surface area contributed by atoms with Gasteiger partial charge in [-0.25, -0.2) is 9.29 Å². The summed E-state index contributed by atoms with van der Waals surface area (Å²) in [7, 11) is 1.78. The molecule has 0 radical (unpaired) electrons. The molecule has 2 heterocycles. The number of rotatable bonds is 9. The maximum atomic E-state index is 12.9. The molecule has 38 heavy (non-hydrogen) atoms. The molecule has 0 saturated carbocycles. The summed E-state index contributed by atoms with van der Waals surface area (Å²) in [5.74, 6) is -0.206. The van der Waals surface area contributed by atoms with E-state index in [1.54, 1.807) is 52.3 Å². The molecule has 4 rings (SSSR count). The number of imidazole rings is 1. The van der Waals surface area contributed by atoms with Crippen molar-refractivity contribution >= 4 is 29.4 Å². The number of amides is 1. The van der Waals surface area contributed by atoms with Crippen LogP contribution in [0, 0.1) is 10.1 Å². The lowest BCUT2D eigenvalue weighted by atomic mass is 10.1. The maximum Gasteiger partial charge on any atom is 0.416 e. The Morgan fingerprint density at radius 3 is 2.63 bits per heavy atom. The van der Waals surface area contributed by atoms with Gasteiger partial charge in [-0.2, -0.15) is 13.2 Å². The number of nitrogens with zero attached hydrogens (tertiary/aromatic N) is 5. The van der Waals surface area contributed by atoms with Crippen LogP contribution in [-0.4, -0.2) is 36.7 Å². The first kappa shape index (κ1) is 26.8. The van der Waals surface area contributed by atoms with Crippen molar-refractivity contribution in [3.63, 3.8) is 0 Å². The first-order chi connectivity index (χ1) is 18.1. The molecule has 0 aliphatic carbocycles. The van der Waals surface area contributed by atoms with Crippen molar-refractivity contribution in [2.75, 3.05) is 12.4 Å². The van der Waals surface area contributed by atoms with E-state index in [0.29, 0.717) is 22.7 Å². The predicted molar refractivity (Wildman–Crippen MR) is 135 cm³/mol. The number of hydrogen-bond donors (Lipinski definition) is 1. The third kappa shape index (κ3) is 6.95. The van der Waals surface area contributed by atoms with Gasteiger partial charge in [0.05, 0.1) is 34.6 Å². The lowest BCUT2D eigenvalue weighted by molar-refractivity contribution is -0.387. The van der Waals surface area contributed by atoms with Crippen LogP contribution < -0.4 is 5.32 Å². The molecule has 0 aliphatic rings. The van der Waals surface area contributed by atoms with Crippen LogP contribution in [0.1, 0.15) is 27.2 Å². The molecular weight excluding hydrogens is 521 g/mol. The second kappa shape index (κ2) is 11.4. The standard InChI is InChI=1S/C25H21F3N6O3S/c1-32(38-22-8-3-2-7-21(22)34(36)37)14-20-10-9-18(12-29-20)24(35)31-23-15-33(16-30-23)13-17-5-4-6-19(11-17)25(26,27)28/h2-12,15-16H,13-14H2,1H3,(H,31,35). The molecule has 9 nitrogen and oxygen atoms in total. The summed E-state index contributed by atoms with van der Waals surface area (Å²) in [5, 5.41) is 13.8. The number of halogens is 3. The number of aromatic nitrogens is 3. The molecule has 0 unspecified atom stereocenters. The first-order valence-electron chi connectivity index (χ1n) is 11.2. The topological polar surface area (TPSA) is 106 Å². The molecule has 0 atom stereocenters. The van der Waals surface area contributed by atoms with Gasteiger partial charge in [0.25, 0.3) is 11.6 Å². The van der Waals surface area contributed by atoms with Crippen LogP contribution in [-0.2, 0) is 19.3 Å². The summed E-state index contributed by atoms with van der Waals surface area (Å²) in [5.41, 5.74) is 0.669. The van der Waals surface area contributed by atoms with Gasteiger partial charge in [-0.15, -0.1) is 0 Å². The molecule has 0 fully saturated rings. The van der Waals surface area contributed by atoms with E-state index >= 15 is 0 Å². The van der Waals surface area contributed by atoms with Crippen molar-refractivity contribution in [1.29, 1.82) is 0 Å². The summed E-state index contributed by atoms with van der Waals surface area (Å²) >= 11 is 1.22. The summed E-state index contributed by atoms with van der Waals surface area (Å²) in [6.45, 7) is 0.527. The van der Waals surface area contributed by atoms with E-state index in [1.807, 2.05) is 0 Å². The number of alkyl halides is 3. The second-order valence-corrected chi connectivity index (χ2v) is 9.47.